The Morgan fingerprint density at radius 1 is 0.969 bits per heavy atom. The predicted octanol–water partition coefficient (Wildman–Crippen LogP) is 4.45. The van der Waals surface area contributed by atoms with Crippen LogP contribution < -0.4 is 5.32 Å². The Labute approximate surface area is 186 Å². The van der Waals surface area contributed by atoms with Crippen LogP contribution in [0.1, 0.15) is 23.4 Å². The summed E-state index contributed by atoms with van der Waals surface area (Å²) in [5.74, 6) is 0.837. The molecule has 3 aromatic carbocycles. The van der Waals surface area contributed by atoms with Crippen LogP contribution in [0.4, 0.5) is 0 Å². The summed E-state index contributed by atoms with van der Waals surface area (Å²) in [6, 6.07) is 24.5. The van der Waals surface area contributed by atoms with Crippen LogP contribution in [-0.4, -0.2) is 25.2 Å². The summed E-state index contributed by atoms with van der Waals surface area (Å²) in [6.45, 7) is 3.71. The van der Waals surface area contributed by atoms with Gasteiger partial charge in [-0.25, -0.2) is 4.98 Å². The van der Waals surface area contributed by atoms with Gasteiger partial charge in [0.2, 0.25) is 5.91 Å². The Hall–Kier alpha value is -3.93. The second kappa shape index (κ2) is 8.67. The minimum atomic E-state index is -0.0134. The third kappa shape index (κ3) is 3.99. The van der Waals surface area contributed by atoms with Gasteiger partial charge in [-0.2, -0.15) is 5.10 Å². The maximum Gasteiger partial charge on any atom is 0.222 e. The standard InChI is InChI=1S/C26H25N5O/c1-19-8-7-11-21-16-28-31(26(19)21)15-14-25(32)27-17-24-29-22-12-5-6-13-23(22)30(24)18-20-9-3-2-4-10-20/h2-13,16H,14-15,17-18H2,1H3,(H,27,32). The molecule has 1 N–H and O–H groups in total. The van der Waals surface area contributed by atoms with E-state index in [0.29, 0.717) is 26.1 Å². The molecule has 2 heterocycles. The number of fused-ring (bicyclic) bond motifs is 2. The van der Waals surface area contributed by atoms with E-state index in [0.717, 1.165) is 33.3 Å². The van der Waals surface area contributed by atoms with Crippen molar-refractivity contribution in [3.63, 3.8) is 0 Å². The molecule has 0 aliphatic rings. The first kappa shape index (κ1) is 20.0. The minimum absolute atomic E-state index is 0.0134. The maximum absolute atomic E-state index is 12.6. The van der Waals surface area contributed by atoms with Gasteiger partial charge in [-0.3, -0.25) is 9.48 Å². The number of carbonyl (C=O) groups is 1. The van der Waals surface area contributed by atoms with Crippen molar-refractivity contribution in [3.8, 4) is 0 Å². The number of imidazole rings is 1. The molecule has 32 heavy (non-hydrogen) atoms. The smallest absolute Gasteiger partial charge is 0.222 e. The van der Waals surface area contributed by atoms with Crippen molar-refractivity contribution in [1.29, 1.82) is 0 Å². The van der Waals surface area contributed by atoms with Crippen LogP contribution in [0.25, 0.3) is 21.9 Å². The zero-order valence-electron chi connectivity index (χ0n) is 18.0. The average molecular weight is 424 g/mol. The lowest BCUT2D eigenvalue weighted by Crippen LogP contribution is -2.26. The third-order valence-corrected chi connectivity index (χ3v) is 5.77. The summed E-state index contributed by atoms with van der Waals surface area (Å²) >= 11 is 0. The zero-order chi connectivity index (χ0) is 21.9. The molecule has 6 nitrogen and oxygen atoms in total. The van der Waals surface area contributed by atoms with Crippen molar-refractivity contribution in [3.05, 3.63) is 95.9 Å². The minimum Gasteiger partial charge on any atom is -0.349 e. The number of rotatable bonds is 7. The summed E-state index contributed by atoms with van der Waals surface area (Å²) in [4.78, 5) is 17.4. The third-order valence-electron chi connectivity index (χ3n) is 5.77. The van der Waals surface area contributed by atoms with Crippen molar-refractivity contribution >= 4 is 27.8 Å². The van der Waals surface area contributed by atoms with Gasteiger partial charge in [-0.15, -0.1) is 0 Å². The number of amides is 1. The monoisotopic (exact) mass is 423 g/mol. The maximum atomic E-state index is 12.6. The van der Waals surface area contributed by atoms with Crippen LogP contribution in [-0.2, 0) is 24.4 Å². The molecular formula is C26H25N5O. The Bertz CT molecular complexity index is 1380. The summed E-state index contributed by atoms with van der Waals surface area (Å²) < 4.78 is 4.09. The van der Waals surface area contributed by atoms with E-state index in [-0.39, 0.29) is 5.91 Å². The highest BCUT2D eigenvalue weighted by atomic mass is 16.1. The first-order valence-electron chi connectivity index (χ1n) is 10.8. The molecule has 160 valence electrons. The fraction of sp³-hybridized carbons (Fsp3) is 0.192. The van der Waals surface area contributed by atoms with Crippen LogP contribution in [0.5, 0.6) is 0 Å². The van der Waals surface area contributed by atoms with Crippen molar-refractivity contribution in [2.75, 3.05) is 0 Å². The topological polar surface area (TPSA) is 64.7 Å². The van der Waals surface area contributed by atoms with Gasteiger partial charge < -0.3 is 9.88 Å². The number of benzene rings is 3. The number of hydrogen-bond acceptors (Lipinski definition) is 3. The molecule has 0 radical (unpaired) electrons. The molecule has 5 aromatic rings. The second-order valence-corrected chi connectivity index (χ2v) is 8.00. The molecule has 0 unspecified atom stereocenters. The Morgan fingerprint density at radius 3 is 2.66 bits per heavy atom. The van der Waals surface area contributed by atoms with E-state index in [1.807, 2.05) is 59.4 Å². The van der Waals surface area contributed by atoms with E-state index in [9.17, 15) is 4.79 Å². The number of nitrogens with one attached hydrogen (secondary N) is 1. The van der Waals surface area contributed by atoms with E-state index in [1.54, 1.807) is 0 Å². The molecule has 0 spiro atoms. The van der Waals surface area contributed by atoms with E-state index < -0.39 is 0 Å². The molecule has 0 aliphatic heterocycles. The van der Waals surface area contributed by atoms with E-state index in [2.05, 4.69) is 46.2 Å². The molecule has 0 aliphatic carbocycles. The fourth-order valence-electron chi connectivity index (χ4n) is 4.17. The second-order valence-electron chi connectivity index (χ2n) is 8.00. The molecule has 2 aromatic heterocycles. The van der Waals surface area contributed by atoms with Crippen molar-refractivity contribution in [2.24, 2.45) is 0 Å². The van der Waals surface area contributed by atoms with Crippen molar-refractivity contribution in [2.45, 2.75) is 33.0 Å². The lowest BCUT2D eigenvalue weighted by atomic mass is 10.2. The molecule has 0 bridgehead atoms. The number of carbonyl (C=O) groups excluding carboxylic acids is 1. The normalized spacial score (nSPS) is 11.3. The largest absolute Gasteiger partial charge is 0.349 e. The van der Waals surface area contributed by atoms with Gasteiger partial charge in [0.05, 0.1) is 35.8 Å². The highest BCUT2D eigenvalue weighted by molar-refractivity contribution is 5.82. The molecule has 0 saturated heterocycles. The van der Waals surface area contributed by atoms with Crippen LogP contribution in [0.15, 0.2) is 79.0 Å². The van der Waals surface area contributed by atoms with Gasteiger partial charge in [0.25, 0.3) is 0 Å². The van der Waals surface area contributed by atoms with Crippen molar-refractivity contribution < 1.29 is 4.79 Å². The lowest BCUT2D eigenvalue weighted by molar-refractivity contribution is -0.121. The number of para-hydroxylation sites is 3. The molecule has 5 rings (SSSR count). The molecular weight excluding hydrogens is 398 g/mol. The predicted molar refractivity (Wildman–Crippen MR) is 126 cm³/mol. The first-order chi connectivity index (χ1) is 15.7. The van der Waals surface area contributed by atoms with Gasteiger partial charge >= 0.3 is 0 Å². The van der Waals surface area contributed by atoms with Crippen LogP contribution in [0.2, 0.25) is 0 Å². The average Bonchev–Trinajstić information content (AvgIpc) is 3.39. The van der Waals surface area contributed by atoms with Crippen molar-refractivity contribution in [1.82, 2.24) is 24.6 Å². The summed E-state index contributed by atoms with van der Waals surface area (Å²) in [5, 5.41) is 8.60. The summed E-state index contributed by atoms with van der Waals surface area (Å²) in [5.41, 5.74) is 5.45. The molecule has 0 fully saturated rings. The lowest BCUT2D eigenvalue weighted by Gasteiger charge is -2.11. The Morgan fingerprint density at radius 2 is 1.78 bits per heavy atom. The fourth-order valence-corrected chi connectivity index (χ4v) is 4.17. The Balaban J connectivity index is 1.29. The first-order valence-corrected chi connectivity index (χ1v) is 10.8. The van der Waals surface area contributed by atoms with Crippen LogP contribution >= 0.6 is 0 Å². The SMILES string of the molecule is Cc1cccc2cnn(CCC(=O)NCc3nc4ccccc4n3Cc3ccccc3)c12. The quantitative estimate of drug-likeness (QED) is 0.421. The van der Waals surface area contributed by atoms with E-state index in [4.69, 9.17) is 4.98 Å². The van der Waals surface area contributed by atoms with Crippen LogP contribution in [0, 0.1) is 6.92 Å². The van der Waals surface area contributed by atoms with Gasteiger partial charge in [-0.1, -0.05) is 60.7 Å². The zero-order valence-corrected chi connectivity index (χ0v) is 18.0. The highest BCUT2D eigenvalue weighted by Gasteiger charge is 2.13. The van der Waals surface area contributed by atoms with Gasteiger partial charge in [-0.05, 0) is 30.2 Å². The van der Waals surface area contributed by atoms with Gasteiger partial charge in [0, 0.05) is 18.4 Å². The molecule has 1 amide bonds. The molecule has 6 heteroatoms. The Kier molecular flexibility index (Phi) is 5.42. The summed E-state index contributed by atoms with van der Waals surface area (Å²) in [7, 11) is 0. The number of nitrogens with zero attached hydrogens (tertiary/aromatic N) is 4. The number of aryl methyl sites for hydroxylation is 2. The highest BCUT2D eigenvalue weighted by Crippen LogP contribution is 2.19. The molecule has 0 saturated carbocycles. The van der Waals surface area contributed by atoms with Gasteiger partial charge in [0.1, 0.15) is 5.82 Å². The van der Waals surface area contributed by atoms with Gasteiger partial charge in [0.15, 0.2) is 0 Å². The summed E-state index contributed by atoms with van der Waals surface area (Å²) in [6.07, 6.45) is 2.22. The molecule has 0 atom stereocenters. The van der Waals surface area contributed by atoms with Crippen LogP contribution in [0.3, 0.4) is 0 Å². The van der Waals surface area contributed by atoms with E-state index >= 15 is 0 Å². The number of aromatic nitrogens is 4. The number of hydrogen-bond donors (Lipinski definition) is 1. The van der Waals surface area contributed by atoms with E-state index in [1.165, 1.54) is 5.56 Å².